The van der Waals surface area contributed by atoms with Gasteiger partial charge < -0.3 is 15.2 Å². The first-order valence-corrected chi connectivity index (χ1v) is 4.38. The van der Waals surface area contributed by atoms with E-state index in [1.54, 1.807) is 0 Å². The molecule has 0 spiro atoms. The van der Waals surface area contributed by atoms with Gasteiger partial charge in [0, 0.05) is 0 Å². The van der Waals surface area contributed by atoms with Gasteiger partial charge in [0.1, 0.15) is 0 Å². The summed E-state index contributed by atoms with van der Waals surface area (Å²) in [7, 11) is 1.45. The molecule has 0 aromatic carbocycles. The molecule has 14 heavy (non-hydrogen) atoms. The monoisotopic (exact) mass is 201 g/mol. The maximum Gasteiger partial charge on any atom is 0.417 e. The van der Waals surface area contributed by atoms with Crippen molar-refractivity contribution in [1.82, 2.24) is 10.1 Å². The number of nitrogens with zero attached hydrogens (tertiary/aromatic N) is 2. The van der Waals surface area contributed by atoms with Crippen molar-refractivity contribution in [2.24, 2.45) is 5.73 Å². The number of hydrogen-bond donors (Lipinski definition) is 1. The number of methoxy groups -OCH3 is 1. The van der Waals surface area contributed by atoms with E-state index in [1.807, 2.05) is 13.8 Å². The minimum atomic E-state index is -0.384. The summed E-state index contributed by atoms with van der Waals surface area (Å²) < 4.78 is 14.8. The Bertz CT molecular complexity index is 275. The summed E-state index contributed by atoms with van der Waals surface area (Å²) in [6.45, 7) is 4.23. The van der Waals surface area contributed by atoms with E-state index in [9.17, 15) is 0 Å². The molecule has 0 aliphatic carbocycles. The number of rotatable bonds is 5. The lowest BCUT2D eigenvalue weighted by atomic mass is 10.3. The molecule has 0 radical (unpaired) electrons. The highest BCUT2D eigenvalue weighted by Gasteiger charge is 2.14. The second kappa shape index (κ2) is 4.92. The van der Waals surface area contributed by atoms with Crippen molar-refractivity contribution < 1.29 is 14.0 Å². The maximum absolute atomic E-state index is 5.75. The molecular weight excluding hydrogens is 186 g/mol. The molecule has 0 aliphatic heterocycles. The lowest BCUT2D eigenvalue weighted by Crippen LogP contribution is -2.20. The van der Waals surface area contributed by atoms with Gasteiger partial charge in [0.25, 0.3) is 0 Å². The van der Waals surface area contributed by atoms with Crippen LogP contribution in [0, 0.1) is 0 Å². The molecule has 0 fully saturated rings. The Morgan fingerprint density at radius 3 is 2.71 bits per heavy atom. The molecule has 1 rings (SSSR count). The molecule has 0 saturated heterocycles. The van der Waals surface area contributed by atoms with Gasteiger partial charge in [-0.1, -0.05) is 5.16 Å². The molecular formula is C8H15N3O3. The van der Waals surface area contributed by atoms with Crippen molar-refractivity contribution in [3.8, 4) is 6.08 Å². The predicted octanol–water partition coefficient (Wildman–Crippen LogP) is 0.503. The quantitative estimate of drug-likeness (QED) is 0.747. The first kappa shape index (κ1) is 10.9. The summed E-state index contributed by atoms with van der Waals surface area (Å²) in [5.41, 5.74) is 5.75. The Balaban J connectivity index is 2.47. The fraction of sp³-hybridized carbons (Fsp3) is 0.750. The van der Waals surface area contributed by atoms with Crippen LogP contribution in [0.5, 0.6) is 6.08 Å². The highest BCUT2D eigenvalue weighted by molar-refractivity contribution is 4.95. The number of ether oxygens (including phenoxy) is 2. The zero-order valence-corrected chi connectivity index (χ0v) is 8.56. The molecule has 0 aliphatic rings. The van der Waals surface area contributed by atoms with Crippen LogP contribution in [-0.4, -0.2) is 30.0 Å². The highest BCUT2D eigenvalue weighted by Crippen LogP contribution is 2.11. The van der Waals surface area contributed by atoms with E-state index in [2.05, 4.69) is 10.1 Å². The van der Waals surface area contributed by atoms with Gasteiger partial charge in [-0.25, -0.2) is 0 Å². The van der Waals surface area contributed by atoms with E-state index in [1.165, 1.54) is 7.11 Å². The van der Waals surface area contributed by atoms with Crippen LogP contribution >= 0.6 is 0 Å². The Morgan fingerprint density at radius 1 is 1.50 bits per heavy atom. The van der Waals surface area contributed by atoms with Crippen molar-refractivity contribution >= 4 is 0 Å². The van der Waals surface area contributed by atoms with E-state index >= 15 is 0 Å². The minimum Gasteiger partial charge on any atom is -0.452 e. The molecule has 0 amide bonds. The molecule has 1 aromatic heterocycles. The summed E-state index contributed by atoms with van der Waals surface area (Å²) in [6.07, 6.45) is 0.245. The van der Waals surface area contributed by atoms with Crippen LogP contribution in [0.3, 0.4) is 0 Å². The Hall–Kier alpha value is -1.14. The third-order valence-corrected chi connectivity index (χ3v) is 1.54. The van der Waals surface area contributed by atoms with Gasteiger partial charge in [0.15, 0.2) is 5.82 Å². The molecule has 0 saturated carbocycles. The number of aromatic nitrogens is 2. The summed E-state index contributed by atoms with van der Waals surface area (Å²) in [4.78, 5) is 3.90. The van der Waals surface area contributed by atoms with Crippen LogP contribution in [0.4, 0.5) is 0 Å². The normalized spacial score (nSPS) is 13.2. The maximum atomic E-state index is 5.75. The van der Waals surface area contributed by atoms with Crippen molar-refractivity contribution in [3.05, 3.63) is 5.82 Å². The number of nitrogens with two attached hydrogens (primary N) is 1. The van der Waals surface area contributed by atoms with Gasteiger partial charge in [-0.2, -0.15) is 4.98 Å². The van der Waals surface area contributed by atoms with Crippen molar-refractivity contribution in [2.75, 3.05) is 13.7 Å². The highest BCUT2D eigenvalue weighted by atomic mass is 16.6. The lowest BCUT2D eigenvalue weighted by molar-refractivity contribution is 0.0665. The predicted molar refractivity (Wildman–Crippen MR) is 48.9 cm³/mol. The zero-order chi connectivity index (χ0) is 10.6. The van der Waals surface area contributed by atoms with E-state index in [4.69, 9.17) is 19.7 Å². The van der Waals surface area contributed by atoms with Crippen LogP contribution in [0.2, 0.25) is 0 Å². The molecule has 1 atom stereocenters. The average Bonchev–Trinajstić information content (AvgIpc) is 2.62. The second-order valence-corrected chi connectivity index (χ2v) is 3.11. The van der Waals surface area contributed by atoms with Crippen LogP contribution < -0.4 is 10.5 Å². The smallest absolute Gasteiger partial charge is 0.417 e. The van der Waals surface area contributed by atoms with Crippen molar-refractivity contribution in [2.45, 2.75) is 26.0 Å². The topological polar surface area (TPSA) is 83.4 Å². The summed E-state index contributed by atoms with van der Waals surface area (Å²) in [5.74, 6) is 0.391. The fourth-order valence-corrected chi connectivity index (χ4v) is 0.824. The first-order chi connectivity index (χ1) is 6.63. The van der Waals surface area contributed by atoms with Gasteiger partial charge in [0.05, 0.1) is 25.9 Å². The van der Waals surface area contributed by atoms with E-state index in [-0.39, 0.29) is 18.2 Å². The fourth-order valence-electron chi connectivity index (χ4n) is 0.824. The zero-order valence-electron chi connectivity index (χ0n) is 8.56. The SMILES string of the molecule is COc1nc(C(N)COC(C)C)no1. The molecule has 1 aromatic rings. The van der Waals surface area contributed by atoms with Gasteiger partial charge in [-0.05, 0) is 13.8 Å². The molecule has 6 nitrogen and oxygen atoms in total. The van der Waals surface area contributed by atoms with Crippen LogP contribution in [0.15, 0.2) is 4.52 Å². The van der Waals surface area contributed by atoms with Gasteiger partial charge in [-0.3, -0.25) is 4.52 Å². The van der Waals surface area contributed by atoms with Crippen molar-refractivity contribution in [3.63, 3.8) is 0 Å². The Morgan fingerprint density at radius 2 is 2.21 bits per heavy atom. The molecule has 1 heterocycles. The molecule has 1 unspecified atom stereocenters. The first-order valence-electron chi connectivity index (χ1n) is 4.38. The average molecular weight is 201 g/mol. The number of hydrogen-bond acceptors (Lipinski definition) is 6. The van der Waals surface area contributed by atoms with E-state index < -0.39 is 0 Å². The van der Waals surface area contributed by atoms with E-state index in [0.717, 1.165) is 0 Å². The third-order valence-electron chi connectivity index (χ3n) is 1.54. The Kier molecular flexibility index (Phi) is 3.84. The van der Waals surface area contributed by atoms with Gasteiger partial charge >= 0.3 is 6.08 Å². The Labute approximate surface area is 82.4 Å². The van der Waals surface area contributed by atoms with Crippen LogP contribution in [0.25, 0.3) is 0 Å². The largest absolute Gasteiger partial charge is 0.452 e. The van der Waals surface area contributed by atoms with Crippen molar-refractivity contribution in [1.29, 1.82) is 0 Å². The lowest BCUT2D eigenvalue weighted by Gasteiger charge is -2.10. The summed E-state index contributed by atoms with van der Waals surface area (Å²) >= 11 is 0. The standard InChI is InChI=1S/C8H15N3O3/c1-5(2)13-4-6(9)7-10-8(12-3)14-11-7/h5-6H,4,9H2,1-3H3. The van der Waals surface area contributed by atoms with Crippen LogP contribution in [0.1, 0.15) is 25.7 Å². The molecule has 80 valence electrons. The summed E-state index contributed by atoms with van der Waals surface area (Å²) in [5, 5.41) is 3.65. The van der Waals surface area contributed by atoms with Gasteiger partial charge in [-0.15, -0.1) is 0 Å². The van der Waals surface area contributed by atoms with E-state index in [0.29, 0.717) is 12.4 Å². The minimum absolute atomic E-state index is 0.111. The molecule has 6 heteroatoms. The third kappa shape index (κ3) is 2.97. The van der Waals surface area contributed by atoms with Crippen LogP contribution in [-0.2, 0) is 4.74 Å². The second-order valence-electron chi connectivity index (χ2n) is 3.11. The molecule has 2 N–H and O–H groups in total. The van der Waals surface area contributed by atoms with Gasteiger partial charge in [0.2, 0.25) is 0 Å². The molecule has 0 bridgehead atoms. The summed E-state index contributed by atoms with van der Waals surface area (Å²) in [6, 6.07) is -0.384.